The van der Waals surface area contributed by atoms with Crippen molar-refractivity contribution < 1.29 is 13.6 Å². The number of hydrogen-bond donors (Lipinski definition) is 1. The highest BCUT2D eigenvalue weighted by Crippen LogP contribution is 2.28. The van der Waals surface area contributed by atoms with Gasteiger partial charge in [0.15, 0.2) is 11.5 Å². The van der Waals surface area contributed by atoms with E-state index >= 15 is 0 Å². The van der Waals surface area contributed by atoms with Crippen LogP contribution in [-0.4, -0.2) is 55.8 Å². The molecule has 0 fully saturated rings. The highest BCUT2D eigenvalue weighted by Gasteiger charge is 2.22. The highest BCUT2D eigenvalue weighted by molar-refractivity contribution is 6.07. The van der Waals surface area contributed by atoms with Crippen LogP contribution in [0.2, 0.25) is 0 Å². The number of carbonyl (C=O) groups is 1. The number of rotatable bonds is 8. The van der Waals surface area contributed by atoms with Gasteiger partial charge in [-0.3, -0.25) is 4.79 Å². The number of anilines is 1. The molecule has 1 unspecified atom stereocenters. The molecule has 1 atom stereocenters. The Labute approximate surface area is 189 Å². The van der Waals surface area contributed by atoms with E-state index in [1.807, 2.05) is 14.1 Å². The molecule has 4 rings (SSSR count). The molecule has 8 nitrogen and oxygen atoms in total. The summed E-state index contributed by atoms with van der Waals surface area (Å²) in [4.78, 5) is 19.4. The van der Waals surface area contributed by atoms with Crippen molar-refractivity contribution in [2.75, 3.05) is 26.0 Å². The smallest absolute Gasteiger partial charge is 0.262 e. The van der Waals surface area contributed by atoms with Crippen molar-refractivity contribution in [3.8, 4) is 5.69 Å². The van der Waals surface area contributed by atoms with Crippen LogP contribution in [0.15, 0.2) is 48.9 Å². The molecule has 33 heavy (non-hydrogen) atoms. The Kier molecular flexibility index (Phi) is 6.45. The minimum atomic E-state index is -0.779. The normalized spacial score (nSPS) is 12.4. The second kappa shape index (κ2) is 9.45. The SMILES string of the molecule is CCC(CCN(C)C)c1cc(NC(=O)c2cnn3cccnc23)n(-c2ccc(F)cc2F)n1. The van der Waals surface area contributed by atoms with Gasteiger partial charge >= 0.3 is 0 Å². The van der Waals surface area contributed by atoms with E-state index in [4.69, 9.17) is 0 Å². The lowest BCUT2D eigenvalue weighted by Crippen LogP contribution is -2.16. The lowest BCUT2D eigenvalue weighted by atomic mass is 9.98. The minimum absolute atomic E-state index is 0.0402. The van der Waals surface area contributed by atoms with Crippen molar-refractivity contribution in [2.24, 2.45) is 0 Å². The van der Waals surface area contributed by atoms with Crippen LogP contribution in [0.25, 0.3) is 11.3 Å². The Morgan fingerprint density at radius 3 is 2.79 bits per heavy atom. The first-order chi connectivity index (χ1) is 15.9. The lowest BCUT2D eigenvalue weighted by Gasteiger charge is -2.15. The molecule has 0 aliphatic rings. The summed E-state index contributed by atoms with van der Waals surface area (Å²) in [5.41, 5.74) is 1.42. The number of benzene rings is 1. The second-order valence-electron chi connectivity index (χ2n) is 8.06. The third-order valence-electron chi connectivity index (χ3n) is 5.47. The van der Waals surface area contributed by atoms with Gasteiger partial charge in [-0.05, 0) is 51.7 Å². The topological polar surface area (TPSA) is 80.4 Å². The fourth-order valence-corrected chi connectivity index (χ4v) is 3.67. The Morgan fingerprint density at radius 1 is 1.24 bits per heavy atom. The number of nitrogens with one attached hydrogen (secondary N) is 1. The molecule has 1 amide bonds. The number of halogens is 2. The zero-order valence-electron chi connectivity index (χ0n) is 18.7. The fourth-order valence-electron chi connectivity index (χ4n) is 3.67. The number of nitrogens with zero attached hydrogens (tertiary/aromatic N) is 6. The predicted octanol–water partition coefficient (Wildman–Crippen LogP) is 3.89. The Balaban J connectivity index is 1.73. The van der Waals surface area contributed by atoms with Gasteiger partial charge in [0.25, 0.3) is 5.91 Å². The lowest BCUT2D eigenvalue weighted by molar-refractivity contribution is 0.102. The molecule has 3 aromatic heterocycles. The second-order valence-corrected chi connectivity index (χ2v) is 8.06. The summed E-state index contributed by atoms with van der Waals surface area (Å²) in [6.45, 7) is 2.91. The van der Waals surface area contributed by atoms with Crippen LogP contribution in [0, 0.1) is 11.6 Å². The average Bonchev–Trinajstić information content (AvgIpc) is 3.39. The van der Waals surface area contributed by atoms with Gasteiger partial charge in [-0.15, -0.1) is 0 Å². The molecular formula is C23H25F2N7O. The van der Waals surface area contributed by atoms with Gasteiger partial charge < -0.3 is 10.2 Å². The quantitative estimate of drug-likeness (QED) is 0.438. The summed E-state index contributed by atoms with van der Waals surface area (Å²) in [6, 6.07) is 6.70. The van der Waals surface area contributed by atoms with E-state index in [0.29, 0.717) is 5.65 Å². The summed E-state index contributed by atoms with van der Waals surface area (Å²) in [7, 11) is 3.99. The van der Waals surface area contributed by atoms with Crippen LogP contribution in [-0.2, 0) is 0 Å². The molecule has 172 valence electrons. The Bertz CT molecular complexity index is 1280. The fraction of sp³-hybridized carbons (Fsp3) is 0.304. The van der Waals surface area contributed by atoms with Crippen molar-refractivity contribution in [1.29, 1.82) is 0 Å². The van der Waals surface area contributed by atoms with Gasteiger partial charge in [0.05, 0.1) is 11.9 Å². The van der Waals surface area contributed by atoms with E-state index < -0.39 is 17.5 Å². The van der Waals surface area contributed by atoms with Gasteiger partial charge in [0.1, 0.15) is 22.9 Å². The minimum Gasteiger partial charge on any atom is -0.309 e. The third kappa shape index (κ3) is 4.75. The van der Waals surface area contributed by atoms with Crippen LogP contribution >= 0.6 is 0 Å². The highest BCUT2D eigenvalue weighted by atomic mass is 19.1. The molecule has 3 heterocycles. The molecule has 0 aliphatic heterocycles. The maximum absolute atomic E-state index is 14.6. The van der Waals surface area contributed by atoms with E-state index in [0.717, 1.165) is 37.2 Å². The first-order valence-corrected chi connectivity index (χ1v) is 10.7. The molecule has 10 heteroatoms. The summed E-state index contributed by atoms with van der Waals surface area (Å²) in [6.07, 6.45) is 6.34. The molecular weight excluding hydrogens is 428 g/mol. The zero-order valence-corrected chi connectivity index (χ0v) is 18.7. The molecule has 1 N–H and O–H groups in total. The van der Waals surface area contributed by atoms with Gasteiger partial charge in [-0.25, -0.2) is 23.0 Å². The largest absolute Gasteiger partial charge is 0.309 e. The van der Waals surface area contributed by atoms with Gasteiger partial charge in [0, 0.05) is 30.4 Å². The van der Waals surface area contributed by atoms with E-state index in [-0.39, 0.29) is 23.0 Å². The molecule has 0 saturated heterocycles. The van der Waals surface area contributed by atoms with Crippen LogP contribution in [0.3, 0.4) is 0 Å². The average molecular weight is 453 g/mol. The number of fused-ring (bicyclic) bond motifs is 1. The van der Waals surface area contributed by atoms with Crippen LogP contribution < -0.4 is 5.32 Å². The number of aromatic nitrogens is 5. The van der Waals surface area contributed by atoms with Gasteiger partial charge in [0.2, 0.25) is 0 Å². The summed E-state index contributed by atoms with van der Waals surface area (Å²) in [5.74, 6) is -1.55. The van der Waals surface area contributed by atoms with E-state index in [1.54, 1.807) is 24.5 Å². The number of hydrogen-bond acceptors (Lipinski definition) is 5. The Morgan fingerprint density at radius 2 is 2.06 bits per heavy atom. The summed E-state index contributed by atoms with van der Waals surface area (Å²) >= 11 is 0. The Hall–Kier alpha value is -3.66. The van der Waals surface area contributed by atoms with E-state index in [2.05, 4.69) is 32.3 Å². The van der Waals surface area contributed by atoms with Crippen molar-refractivity contribution in [3.63, 3.8) is 0 Å². The molecule has 0 spiro atoms. The van der Waals surface area contributed by atoms with Crippen molar-refractivity contribution >= 4 is 17.4 Å². The maximum Gasteiger partial charge on any atom is 0.262 e. The van der Waals surface area contributed by atoms with E-state index in [1.165, 1.54) is 21.5 Å². The third-order valence-corrected chi connectivity index (χ3v) is 5.47. The zero-order chi connectivity index (χ0) is 23.5. The van der Waals surface area contributed by atoms with Crippen LogP contribution in [0.1, 0.15) is 41.7 Å². The van der Waals surface area contributed by atoms with Crippen molar-refractivity contribution in [3.05, 3.63) is 71.8 Å². The number of carbonyl (C=O) groups excluding carboxylic acids is 1. The first kappa shape index (κ1) is 22.5. The molecule has 0 radical (unpaired) electrons. The maximum atomic E-state index is 14.6. The first-order valence-electron chi connectivity index (χ1n) is 10.7. The molecule has 0 aliphatic carbocycles. The monoisotopic (exact) mass is 453 g/mol. The summed E-state index contributed by atoms with van der Waals surface area (Å²) < 4.78 is 30.9. The molecule has 0 saturated carbocycles. The molecule has 0 bridgehead atoms. The standard InChI is InChI=1S/C23H25F2N7O/c1-4-15(8-11-30(2)3)19-13-21(32(29-19)20-7-6-16(24)12-18(20)25)28-23(33)17-14-27-31-10-5-9-26-22(17)31/h5-7,9-10,12-15H,4,8,11H2,1-3H3,(H,28,33). The molecule has 4 aromatic rings. The summed E-state index contributed by atoms with van der Waals surface area (Å²) in [5, 5.41) is 11.5. The van der Waals surface area contributed by atoms with E-state index in [9.17, 15) is 13.6 Å². The number of amides is 1. The van der Waals surface area contributed by atoms with Crippen LogP contribution in [0.4, 0.5) is 14.6 Å². The van der Waals surface area contributed by atoms with Gasteiger partial charge in [-0.2, -0.15) is 10.2 Å². The molecule has 1 aromatic carbocycles. The van der Waals surface area contributed by atoms with Gasteiger partial charge in [-0.1, -0.05) is 6.92 Å². The predicted molar refractivity (Wildman–Crippen MR) is 121 cm³/mol. The van der Waals surface area contributed by atoms with Crippen molar-refractivity contribution in [1.82, 2.24) is 29.3 Å². The van der Waals surface area contributed by atoms with Crippen molar-refractivity contribution in [2.45, 2.75) is 25.7 Å². The van der Waals surface area contributed by atoms with Crippen LogP contribution in [0.5, 0.6) is 0 Å².